The molecule has 0 amide bonds. The predicted octanol–water partition coefficient (Wildman–Crippen LogP) is 2.95. The first-order valence-electron chi connectivity index (χ1n) is 8.50. The SMILES string of the molecule is CCCC[C@H](CC(=O)OC)[C@@H]1OC1[C@@H]1OC(C)(C)OC1CN=[N+]=[N-]. The van der Waals surface area contributed by atoms with Crippen molar-refractivity contribution in [3.8, 4) is 0 Å². The van der Waals surface area contributed by atoms with E-state index in [4.69, 9.17) is 24.5 Å². The zero-order chi connectivity index (χ0) is 17.7. The minimum Gasteiger partial charge on any atom is -0.469 e. The van der Waals surface area contributed by atoms with Gasteiger partial charge in [-0.15, -0.1) is 0 Å². The van der Waals surface area contributed by atoms with E-state index < -0.39 is 5.79 Å². The van der Waals surface area contributed by atoms with Crippen molar-refractivity contribution in [1.29, 1.82) is 0 Å². The molecule has 2 fully saturated rings. The first-order valence-corrected chi connectivity index (χ1v) is 8.50. The molecule has 24 heavy (non-hydrogen) atoms. The van der Waals surface area contributed by atoms with Crippen molar-refractivity contribution in [3.63, 3.8) is 0 Å². The van der Waals surface area contributed by atoms with Gasteiger partial charge in [-0.1, -0.05) is 24.9 Å². The summed E-state index contributed by atoms with van der Waals surface area (Å²) in [6.45, 7) is 5.98. The Hall–Kier alpha value is -1.34. The molecule has 0 spiro atoms. The summed E-state index contributed by atoms with van der Waals surface area (Å²) in [5, 5.41) is 3.61. The lowest BCUT2D eigenvalue weighted by Crippen LogP contribution is -2.33. The Morgan fingerprint density at radius 3 is 2.75 bits per heavy atom. The Labute approximate surface area is 142 Å². The molecule has 0 aromatic carbocycles. The first kappa shape index (κ1) is 19.0. The molecule has 5 atom stereocenters. The molecule has 0 aromatic heterocycles. The highest BCUT2D eigenvalue weighted by Gasteiger charge is 2.57. The molecule has 2 heterocycles. The van der Waals surface area contributed by atoms with E-state index in [1.807, 2.05) is 13.8 Å². The average Bonchev–Trinajstić information content (AvgIpc) is 3.27. The number of nitrogens with zero attached hydrogens (tertiary/aromatic N) is 3. The monoisotopic (exact) mass is 341 g/mol. The van der Waals surface area contributed by atoms with Crippen LogP contribution in [-0.4, -0.2) is 49.8 Å². The highest BCUT2D eigenvalue weighted by atomic mass is 16.8. The van der Waals surface area contributed by atoms with Crippen LogP contribution in [0.1, 0.15) is 46.5 Å². The fourth-order valence-electron chi connectivity index (χ4n) is 3.33. The number of hydrogen-bond acceptors (Lipinski definition) is 6. The third kappa shape index (κ3) is 4.83. The Bertz CT molecular complexity index is 492. The van der Waals surface area contributed by atoms with Gasteiger partial charge in [0.2, 0.25) is 0 Å². The van der Waals surface area contributed by atoms with Gasteiger partial charge in [-0.05, 0) is 31.7 Å². The summed E-state index contributed by atoms with van der Waals surface area (Å²) in [5.41, 5.74) is 8.54. The van der Waals surface area contributed by atoms with Crippen molar-refractivity contribution in [1.82, 2.24) is 0 Å². The van der Waals surface area contributed by atoms with Crippen LogP contribution in [0.15, 0.2) is 5.11 Å². The number of esters is 1. The van der Waals surface area contributed by atoms with Gasteiger partial charge in [0, 0.05) is 4.91 Å². The molecule has 136 valence electrons. The van der Waals surface area contributed by atoms with Gasteiger partial charge in [0.05, 0.1) is 32.3 Å². The maximum atomic E-state index is 11.7. The van der Waals surface area contributed by atoms with Crippen LogP contribution in [0, 0.1) is 5.92 Å². The van der Waals surface area contributed by atoms with E-state index in [0.29, 0.717) is 6.42 Å². The summed E-state index contributed by atoms with van der Waals surface area (Å²) in [7, 11) is 1.40. The topological polar surface area (TPSA) is 106 Å². The number of rotatable bonds is 9. The lowest BCUT2D eigenvalue weighted by molar-refractivity contribution is -0.147. The van der Waals surface area contributed by atoms with Gasteiger partial charge < -0.3 is 18.9 Å². The van der Waals surface area contributed by atoms with Gasteiger partial charge in [0.15, 0.2) is 5.79 Å². The van der Waals surface area contributed by atoms with Gasteiger partial charge in [0.1, 0.15) is 12.2 Å². The molecule has 2 aliphatic rings. The molecule has 8 nitrogen and oxygen atoms in total. The molecule has 0 saturated carbocycles. The number of ether oxygens (including phenoxy) is 4. The van der Waals surface area contributed by atoms with Gasteiger partial charge in [-0.2, -0.15) is 0 Å². The largest absolute Gasteiger partial charge is 0.469 e. The van der Waals surface area contributed by atoms with Crippen LogP contribution in [0.4, 0.5) is 0 Å². The number of epoxide rings is 1. The van der Waals surface area contributed by atoms with Crippen molar-refractivity contribution < 1.29 is 23.7 Å². The maximum absolute atomic E-state index is 11.7. The minimum absolute atomic E-state index is 0.0493. The second-order valence-corrected chi connectivity index (χ2v) is 6.80. The summed E-state index contributed by atoms with van der Waals surface area (Å²) >= 11 is 0. The first-order chi connectivity index (χ1) is 11.4. The van der Waals surface area contributed by atoms with Crippen LogP contribution in [0.3, 0.4) is 0 Å². The van der Waals surface area contributed by atoms with Crippen LogP contribution in [0.5, 0.6) is 0 Å². The highest BCUT2D eigenvalue weighted by Crippen LogP contribution is 2.43. The summed E-state index contributed by atoms with van der Waals surface area (Å²) in [6, 6.07) is 0. The maximum Gasteiger partial charge on any atom is 0.305 e. The van der Waals surface area contributed by atoms with Crippen LogP contribution >= 0.6 is 0 Å². The smallest absolute Gasteiger partial charge is 0.305 e. The highest BCUT2D eigenvalue weighted by molar-refractivity contribution is 5.69. The zero-order valence-electron chi connectivity index (χ0n) is 14.8. The summed E-state index contributed by atoms with van der Waals surface area (Å²) in [5.74, 6) is -0.854. The molecule has 0 aliphatic carbocycles. The lowest BCUT2D eigenvalue weighted by Gasteiger charge is -2.17. The number of carbonyl (C=O) groups excluding carboxylic acids is 1. The molecule has 2 saturated heterocycles. The fraction of sp³-hybridized carbons (Fsp3) is 0.938. The molecule has 2 unspecified atom stereocenters. The quantitative estimate of drug-likeness (QED) is 0.211. The van der Waals surface area contributed by atoms with E-state index in [1.165, 1.54) is 7.11 Å². The van der Waals surface area contributed by atoms with E-state index in [-0.39, 0.29) is 42.8 Å². The molecule has 2 rings (SSSR count). The number of unbranched alkanes of at least 4 members (excludes halogenated alkanes) is 1. The van der Waals surface area contributed by atoms with Gasteiger partial charge in [0.25, 0.3) is 0 Å². The third-order valence-electron chi connectivity index (χ3n) is 4.48. The van der Waals surface area contributed by atoms with E-state index >= 15 is 0 Å². The number of methoxy groups -OCH3 is 1. The summed E-state index contributed by atoms with van der Waals surface area (Å²) in [6.07, 6.45) is 2.52. The Kier molecular flexibility index (Phi) is 6.46. The number of carbonyl (C=O) groups is 1. The standard InChI is InChI=1S/C16H27N3O5/c1-5-6-7-10(8-12(20)21-4)13-15(22-13)14-11(9-18-19-17)23-16(2,3)24-14/h10-11,13-15H,5-9H2,1-4H3/t10-,11?,13+,14-,15?/m1/s1. The predicted molar refractivity (Wildman–Crippen MR) is 86.1 cm³/mol. The zero-order valence-corrected chi connectivity index (χ0v) is 14.8. The van der Waals surface area contributed by atoms with E-state index in [9.17, 15) is 4.79 Å². The Morgan fingerprint density at radius 2 is 2.12 bits per heavy atom. The molecular formula is C16H27N3O5. The van der Waals surface area contributed by atoms with Crippen LogP contribution in [-0.2, 0) is 23.7 Å². The normalized spacial score (nSPS) is 32.0. The molecular weight excluding hydrogens is 314 g/mol. The second kappa shape index (κ2) is 8.16. The van der Waals surface area contributed by atoms with Gasteiger partial charge in [-0.3, -0.25) is 4.79 Å². The van der Waals surface area contributed by atoms with E-state index in [1.54, 1.807) is 0 Å². The Balaban J connectivity index is 2.01. The molecule has 0 bridgehead atoms. The minimum atomic E-state index is -0.738. The van der Waals surface area contributed by atoms with E-state index in [0.717, 1.165) is 19.3 Å². The van der Waals surface area contributed by atoms with Gasteiger partial charge in [-0.25, -0.2) is 0 Å². The van der Waals surface area contributed by atoms with Crippen molar-refractivity contribution in [2.24, 2.45) is 11.0 Å². The lowest BCUT2D eigenvalue weighted by atomic mass is 9.91. The van der Waals surface area contributed by atoms with Gasteiger partial charge >= 0.3 is 5.97 Å². The number of hydrogen-bond donors (Lipinski definition) is 0. The summed E-state index contributed by atoms with van der Waals surface area (Å²) in [4.78, 5) is 14.5. The molecule has 0 aromatic rings. The van der Waals surface area contributed by atoms with Crippen molar-refractivity contribution >= 4 is 5.97 Å². The molecule has 0 N–H and O–H groups in total. The van der Waals surface area contributed by atoms with Crippen LogP contribution in [0.2, 0.25) is 0 Å². The van der Waals surface area contributed by atoms with Crippen LogP contribution in [0.25, 0.3) is 10.4 Å². The number of azide groups is 1. The Morgan fingerprint density at radius 1 is 1.38 bits per heavy atom. The van der Waals surface area contributed by atoms with Crippen molar-refractivity contribution in [2.75, 3.05) is 13.7 Å². The average molecular weight is 341 g/mol. The second-order valence-electron chi connectivity index (χ2n) is 6.80. The van der Waals surface area contributed by atoms with Crippen LogP contribution < -0.4 is 0 Å². The molecule has 2 aliphatic heterocycles. The van der Waals surface area contributed by atoms with Crippen molar-refractivity contribution in [2.45, 2.75) is 76.7 Å². The summed E-state index contributed by atoms with van der Waals surface area (Å²) < 4.78 is 22.4. The van der Waals surface area contributed by atoms with E-state index in [2.05, 4.69) is 16.9 Å². The fourth-order valence-corrected chi connectivity index (χ4v) is 3.33. The third-order valence-corrected chi connectivity index (χ3v) is 4.48. The molecule has 8 heteroatoms. The van der Waals surface area contributed by atoms with Crippen molar-refractivity contribution in [3.05, 3.63) is 10.4 Å². The molecule has 0 radical (unpaired) electrons.